The van der Waals surface area contributed by atoms with E-state index in [9.17, 15) is 13.2 Å². The molecule has 0 radical (unpaired) electrons. The van der Waals surface area contributed by atoms with Crippen molar-refractivity contribution in [1.29, 1.82) is 0 Å². The summed E-state index contributed by atoms with van der Waals surface area (Å²) in [7, 11) is 2.29. The number of halogens is 3. The number of aliphatic carboxylic acids is 1. The number of carbonyl (C=O) groups excluding carboxylic acids is 1. The Morgan fingerprint density at radius 2 is 1.94 bits per heavy atom. The monoisotopic (exact) mass is 265 g/mol. The predicted octanol–water partition coefficient (Wildman–Crippen LogP) is 1.62. The van der Waals surface area contributed by atoms with Crippen LogP contribution >= 0.6 is 0 Å². The average molecular weight is 265 g/mol. The van der Waals surface area contributed by atoms with E-state index < -0.39 is 12.1 Å². The highest BCUT2D eigenvalue weighted by molar-refractivity contribution is 5.70. The van der Waals surface area contributed by atoms with Crippen LogP contribution in [0.2, 0.25) is 0 Å². The lowest BCUT2D eigenvalue weighted by atomic mass is 10.2. The fourth-order valence-corrected chi connectivity index (χ4v) is 1.38. The zero-order chi connectivity index (χ0) is 14.2. The van der Waals surface area contributed by atoms with E-state index in [0.717, 1.165) is 11.0 Å². The summed E-state index contributed by atoms with van der Waals surface area (Å²) in [6, 6.07) is 0. The Balaban J connectivity index is 0.000000360. The number of quaternary nitrogens is 1. The molecule has 1 heterocycles. The molecule has 3 nitrogen and oxygen atoms in total. The quantitative estimate of drug-likeness (QED) is 0.727. The van der Waals surface area contributed by atoms with Crippen LogP contribution in [0, 0.1) is 0 Å². The van der Waals surface area contributed by atoms with Crippen LogP contribution in [0.5, 0.6) is 0 Å². The lowest BCUT2D eigenvalue weighted by molar-refractivity contribution is -0.854. The van der Waals surface area contributed by atoms with Gasteiger partial charge in [-0.2, -0.15) is 13.2 Å². The Bertz CT molecular complexity index is 324. The summed E-state index contributed by atoms with van der Waals surface area (Å²) in [5, 5.41) is 8.78. The summed E-state index contributed by atoms with van der Waals surface area (Å²) in [6.07, 6.45) is 6.25. The topological polar surface area (TPSA) is 40.1 Å². The maximum Gasteiger partial charge on any atom is 0.430 e. The Hall–Kier alpha value is -1.30. The number of hydrogen-bond acceptors (Lipinski definition) is 2. The third-order valence-electron chi connectivity index (χ3n) is 2.47. The first kappa shape index (κ1) is 16.7. The van der Waals surface area contributed by atoms with Crippen molar-refractivity contribution in [1.82, 2.24) is 0 Å². The summed E-state index contributed by atoms with van der Waals surface area (Å²) >= 11 is 0. The lowest BCUT2D eigenvalue weighted by Gasteiger charge is -2.30. The fraction of sp³-hybridized carbons (Fsp3) is 0.583. The zero-order valence-corrected chi connectivity index (χ0v) is 10.5. The van der Waals surface area contributed by atoms with Gasteiger partial charge in [0, 0.05) is 0 Å². The third kappa shape index (κ3) is 7.11. The van der Waals surface area contributed by atoms with Gasteiger partial charge in [-0.15, -0.1) is 0 Å². The van der Waals surface area contributed by atoms with Crippen LogP contribution in [-0.4, -0.2) is 36.8 Å². The first-order chi connectivity index (χ1) is 8.21. The number of allylic oxidation sites excluding steroid dienone is 2. The molecule has 0 fully saturated rings. The summed E-state index contributed by atoms with van der Waals surface area (Å²) in [5.74, 6) is -3.01. The van der Waals surface area contributed by atoms with Gasteiger partial charge in [-0.05, 0) is 18.6 Å². The molecule has 1 atom stereocenters. The molecule has 0 saturated carbocycles. The maximum absolute atomic E-state index is 10.5. The van der Waals surface area contributed by atoms with Crippen LogP contribution in [0.3, 0.4) is 0 Å². The highest BCUT2D eigenvalue weighted by Crippen LogP contribution is 2.11. The van der Waals surface area contributed by atoms with Gasteiger partial charge >= 0.3 is 6.18 Å². The maximum atomic E-state index is 10.5. The molecule has 0 aromatic carbocycles. The Labute approximate surface area is 105 Å². The van der Waals surface area contributed by atoms with Crippen LogP contribution in [-0.2, 0) is 4.79 Å². The molecule has 0 bridgehead atoms. The summed E-state index contributed by atoms with van der Waals surface area (Å²) in [5.41, 5.74) is 0. The lowest BCUT2D eigenvalue weighted by Crippen LogP contribution is -2.40. The van der Waals surface area contributed by atoms with Gasteiger partial charge in [-0.3, -0.25) is 4.48 Å². The first-order valence-corrected chi connectivity index (χ1v) is 5.68. The number of carbonyl (C=O) groups is 1. The minimum Gasteiger partial charge on any atom is -0.542 e. The van der Waals surface area contributed by atoms with Crippen molar-refractivity contribution in [3.63, 3.8) is 0 Å². The smallest absolute Gasteiger partial charge is 0.430 e. The van der Waals surface area contributed by atoms with Gasteiger partial charge < -0.3 is 9.90 Å². The summed E-state index contributed by atoms with van der Waals surface area (Å²) in [4.78, 5) is 8.78. The highest BCUT2D eigenvalue weighted by atomic mass is 19.4. The van der Waals surface area contributed by atoms with Crippen molar-refractivity contribution in [2.45, 2.75) is 25.9 Å². The van der Waals surface area contributed by atoms with E-state index in [2.05, 4.69) is 38.4 Å². The van der Waals surface area contributed by atoms with Crippen molar-refractivity contribution >= 4 is 5.97 Å². The molecule has 0 saturated heterocycles. The molecule has 1 aliphatic heterocycles. The zero-order valence-electron chi connectivity index (χ0n) is 10.5. The SMILES string of the molecule is CCCC[N+]1(C)C=CC=CC1.O=C([O-])C(F)(F)F. The van der Waals surface area contributed by atoms with Gasteiger partial charge in [0.1, 0.15) is 12.5 Å². The standard InChI is InChI=1S/C10H18N.C2HF3O2/c1-3-4-8-11(2)9-6-5-7-10-11;3-2(4,5)1(6)7/h5-7,9H,3-4,8,10H2,1-2H3;(H,6,7)/q+1;/p-1. The highest BCUT2D eigenvalue weighted by Gasteiger charge is 2.28. The van der Waals surface area contributed by atoms with Crippen LogP contribution in [0.15, 0.2) is 24.4 Å². The molecule has 1 aliphatic rings. The van der Waals surface area contributed by atoms with Gasteiger partial charge in [0.25, 0.3) is 0 Å². The minimum absolute atomic E-state index is 1.09. The van der Waals surface area contributed by atoms with Gasteiger partial charge in [0.15, 0.2) is 0 Å². The number of likely N-dealkylation sites (N-methyl/N-ethyl adjacent to an activating group) is 1. The van der Waals surface area contributed by atoms with Gasteiger partial charge in [0.2, 0.25) is 0 Å². The van der Waals surface area contributed by atoms with Crippen LogP contribution < -0.4 is 5.11 Å². The second kappa shape index (κ2) is 7.20. The molecule has 104 valence electrons. The molecule has 0 amide bonds. The van der Waals surface area contributed by atoms with Crippen LogP contribution in [0.1, 0.15) is 19.8 Å². The molecule has 0 aromatic rings. The Morgan fingerprint density at radius 3 is 2.28 bits per heavy atom. The first-order valence-electron chi connectivity index (χ1n) is 5.68. The Kier molecular flexibility index (Phi) is 6.68. The number of carboxylic acids is 1. The van der Waals surface area contributed by atoms with Gasteiger partial charge in [0.05, 0.1) is 19.8 Å². The molecule has 1 unspecified atom stereocenters. The molecular weight excluding hydrogens is 247 g/mol. The number of rotatable bonds is 3. The summed E-state index contributed by atoms with van der Waals surface area (Å²) < 4.78 is 32.6. The molecule has 0 spiro atoms. The molecule has 1 rings (SSSR count). The average Bonchev–Trinajstić information content (AvgIpc) is 2.27. The summed E-state index contributed by atoms with van der Waals surface area (Å²) in [6.45, 7) is 4.68. The second-order valence-electron chi connectivity index (χ2n) is 4.29. The molecule has 0 aromatic heterocycles. The predicted molar refractivity (Wildman–Crippen MR) is 60.2 cm³/mol. The minimum atomic E-state index is -5.19. The molecule has 0 aliphatic carbocycles. The van der Waals surface area contributed by atoms with Crippen LogP contribution in [0.4, 0.5) is 13.2 Å². The number of carboxylic acid groups (broad SMARTS) is 1. The number of unbranched alkanes of at least 4 members (excludes halogenated alkanes) is 1. The molecule has 6 heteroatoms. The number of nitrogens with zero attached hydrogens (tertiary/aromatic N) is 1. The van der Waals surface area contributed by atoms with Gasteiger partial charge in [-0.25, -0.2) is 0 Å². The van der Waals surface area contributed by atoms with Crippen molar-refractivity contribution in [2.24, 2.45) is 0 Å². The van der Waals surface area contributed by atoms with E-state index >= 15 is 0 Å². The van der Waals surface area contributed by atoms with E-state index in [0.29, 0.717) is 0 Å². The van der Waals surface area contributed by atoms with E-state index in [1.807, 2.05) is 0 Å². The molecule has 0 N–H and O–H groups in total. The van der Waals surface area contributed by atoms with E-state index in [1.54, 1.807) is 0 Å². The largest absolute Gasteiger partial charge is 0.542 e. The van der Waals surface area contributed by atoms with E-state index in [-0.39, 0.29) is 0 Å². The molecular formula is C12H18F3NO2. The second-order valence-corrected chi connectivity index (χ2v) is 4.29. The number of alkyl halides is 3. The van der Waals surface area contributed by atoms with E-state index in [4.69, 9.17) is 9.90 Å². The van der Waals surface area contributed by atoms with Crippen molar-refractivity contribution in [2.75, 3.05) is 20.1 Å². The third-order valence-corrected chi connectivity index (χ3v) is 2.47. The van der Waals surface area contributed by atoms with Crippen molar-refractivity contribution in [3.8, 4) is 0 Å². The van der Waals surface area contributed by atoms with Gasteiger partial charge in [-0.1, -0.05) is 19.4 Å². The normalized spacial score (nSPS) is 22.3. The van der Waals surface area contributed by atoms with Crippen molar-refractivity contribution in [3.05, 3.63) is 24.4 Å². The van der Waals surface area contributed by atoms with Crippen molar-refractivity contribution < 1.29 is 27.6 Å². The Morgan fingerprint density at radius 1 is 1.39 bits per heavy atom. The van der Waals surface area contributed by atoms with Crippen LogP contribution in [0.25, 0.3) is 0 Å². The number of hydrogen-bond donors (Lipinski definition) is 0. The molecule has 18 heavy (non-hydrogen) atoms. The fourth-order valence-electron chi connectivity index (χ4n) is 1.38. The van der Waals surface area contributed by atoms with E-state index in [1.165, 1.54) is 19.4 Å².